The van der Waals surface area contributed by atoms with Gasteiger partial charge in [0.15, 0.2) is 10.6 Å². The molecule has 0 bridgehead atoms. The zero-order valence-corrected chi connectivity index (χ0v) is 5.65. The van der Waals surface area contributed by atoms with Gasteiger partial charge in [0.1, 0.15) is 6.26 Å². The molecule has 3 nitrogen and oxygen atoms in total. The molecule has 1 rings (SSSR count). The van der Waals surface area contributed by atoms with Crippen molar-refractivity contribution in [3.05, 3.63) is 22.6 Å². The van der Waals surface area contributed by atoms with E-state index in [-0.39, 0.29) is 5.76 Å². The summed E-state index contributed by atoms with van der Waals surface area (Å²) in [6.07, 6.45) is 1.08. The first kappa shape index (κ1) is 6.71. The van der Waals surface area contributed by atoms with E-state index in [0.717, 1.165) is 6.26 Å². The zero-order chi connectivity index (χ0) is 6.85. The molecular weight excluding hydrogens is 167 g/mol. The maximum Gasteiger partial charge on any atom is 0.518 e. The van der Waals surface area contributed by atoms with Crippen molar-refractivity contribution in [3.63, 3.8) is 0 Å². The smallest absolute Gasteiger partial charge is 0.399 e. The van der Waals surface area contributed by atoms with Crippen LogP contribution in [0, 0.1) is 0 Å². The Labute approximate surface area is 60.2 Å². The molecule has 0 aliphatic carbocycles. The van der Waals surface area contributed by atoms with Crippen LogP contribution in [0.2, 0.25) is 0 Å². The molecule has 0 spiro atoms. The molecule has 50 valence electrons. The first-order valence-electron chi connectivity index (χ1n) is 2.07. The number of hydrogen-bond acceptors (Lipinski definition) is 3. The number of halogens is 2. The average molecular weight is 169 g/mol. The Morgan fingerprint density at radius 1 is 1.56 bits per heavy atom. The van der Waals surface area contributed by atoms with E-state index in [1.807, 2.05) is 0 Å². The van der Waals surface area contributed by atoms with Crippen molar-refractivity contribution in [1.82, 2.24) is 0 Å². The average Bonchev–Trinajstić information content (AvgIpc) is 2.14. The van der Waals surface area contributed by atoms with Crippen molar-refractivity contribution < 1.29 is 8.83 Å². The molecule has 0 aliphatic rings. The summed E-state index contributed by atoms with van der Waals surface area (Å²) >= 11 is 10.6. The summed E-state index contributed by atoms with van der Waals surface area (Å²) in [6.45, 7) is 0. The quantitative estimate of drug-likeness (QED) is 0.601. The Hall–Kier alpha value is -0.410. The minimum atomic E-state index is -0.837. The van der Waals surface area contributed by atoms with Crippen molar-refractivity contribution in [2.45, 2.75) is 4.84 Å². The van der Waals surface area contributed by atoms with Gasteiger partial charge in [-0.05, 0) is 0 Å². The summed E-state index contributed by atoms with van der Waals surface area (Å²) in [4.78, 5) is 9.31. The highest BCUT2D eigenvalue weighted by molar-refractivity contribution is 6.43. The SMILES string of the molecule is O=c1occ(C(Cl)Cl)o1. The second-order valence-electron chi connectivity index (χ2n) is 1.29. The van der Waals surface area contributed by atoms with Gasteiger partial charge in [0.2, 0.25) is 0 Å². The zero-order valence-electron chi connectivity index (χ0n) is 4.14. The Balaban J connectivity index is 2.98. The van der Waals surface area contributed by atoms with E-state index in [4.69, 9.17) is 23.2 Å². The molecular formula is C4H2Cl2O3. The third kappa shape index (κ3) is 1.50. The molecule has 0 amide bonds. The lowest BCUT2D eigenvalue weighted by molar-refractivity contribution is 0.377. The van der Waals surface area contributed by atoms with Crippen LogP contribution in [0.25, 0.3) is 0 Å². The maximum absolute atomic E-state index is 10.1. The van der Waals surface area contributed by atoms with Crippen LogP contribution in [0.15, 0.2) is 19.9 Å². The summed E-state index contributed by atoms with van der Waals surface area (Å²) in [5.41, 5.74) is 0. The van der Waals surface area contributed by atoms with E-state index >= 15 is 0 Å². The van der Waals surface area contributed by atoms with Gasteiger partial charge in [0.25, 0.3) is 0 Å². The van der Waals surface area contributed by atoms with Crippen molar-refractivity contribution in [2.75, 3.05) is 0 Å². The Morgan fingerprint density at radius 3 is 2.44 bits per heavy atom. The van der Waals surface area contributed by atoms with Gasteiger partial charge in [-0.3, -0.25) is 0 Å². The molecule has 0 atom stereocenters. The van der Waals surface area contributed by atoms with Gasteiger partial charge < -0.3 is 8.83 Å². The third-order valence-electron chi connectivity index (χ3n) is 0.688. The number of hydrogen-bond donors (Lipinski definition) is 0. The highest BCUT2D eigenvalue weighted by Crippen LogP contribution is 2.22. The molecule has 0 N–H and O–H groups in total. The Morgan fingerprint density at radius 2 is 2.22 bits per heavy atom. The van der Waals surface area contributed by atoms with Crippen molar-refractivity contribution >= 4 is 23.2 Å². The Bertz CT molecular complexity index is 236. The van der Waals surface area contributed by atoms with Gasteiger partial charge >= 0.3 is 5.82 Å². The van der Waals surface area contributed by atoms with Gasteiger partial charge in [-0.1, -0.05) is 23.2 Å². The fourth-order valence-electron chi connectivity index (χ4n) is 0.347. The van der Waals surface area contributed by atoms with Gasteiger partial charge in [0.05, 0.1) is 0 Å². The predicted molar refractivity (Wildman–Crippen MR) is 31.7 cm³/mol. The molecule has 0 fully saturated rings. The molecule has 1 heterocycles. The van der Waals surface area contributed by atoms with Crippen LogP contribution >= 0.6 is 23.2 Å². The summed E-state index contributed by atoms with van der Waals surface area (Å²) < 4.78 is 8.59. The monoisotopic (exact) mass is 168 g/mol. The van der Waals surface area contributed by atoms with Gasteiger partial charge in [0, 0.05) is 0 Å². The molecule has 0 aromatic carbocycles. The van der Waals surface area contributed by atoms with Crippen LogP contribution in [0.4, 0.5) is 0 Å². The molecule has 0 saturated carbocycles. The van der Waals surface area contributed by atoms with Gasteiger partial charge in [-0.15, -0.1) is 0 Å². The predicted octanol–water partition coefficient (Wildman–Crippen LogP) is 1.71. The molecule has 0 unspecified atom stereocenters. The Kier molecular flexibility index (Phi) is 1.83. The van der Waals surface area contributed by atoms with Crippen LogP contribution in [0.1, 0.15) is 10.6 Å². The second kappa shape index (κ2) is 2.45. The van der Waals surface area contributed by atoms with E-state index in [9.17, 15) is 4.79 Å². The normalized spacial score (nSPS) is 10.6. The lowest BCUT2D eigenvalue weighted by Crippen LogP contribution is -1.86. The molecule has 0 radical (unpaired) electrons. The lowest BCUT2D eigenvalue weighted by Gasteiger charge is -1.86. The van der Waals surface area contributed by atoms with E-state index in [2.05, 4.69) is 8.83 Å². The number of alkyl halides is 2. The van der Waals surface area contributed by atoms with Crippen LogP contribution in [-0.4, -0.2) is 0 Å². The minimum Gasteiger partial charge on any atom is -0.399 e. The first-order valence-corrected chi connectivity index (χ1v) is 2.94. The van der Waals surface area contributed by atoms with Crippen LogP contribution < -0.4 is 5.82 Å². The van der Waals surface area contributed by atoms with Crippen molar-refractivity contribution in [1.29, 1.82) is 0 Å². The molecule has 1 aromatic rings. The van der Waals surface area contributed by atoms with Crippen LogP contribution in [-0.2, 0) is 0 Å². The van der Waals surface area contributed by atoms with Crippen molar-refractivity contribution in [3.8, 4) is 0 Å². The van der Waals surface area contributed by atoms with Gasteiger partial charge in [-0.25, -0.2) is 4.79 Å². The minimum absolute atomic E-state index is 0.128. The van der Waals surface area contributed by atoms with Crippen molar-refractivity contribution in [2.24, 2.45) is 0 Å². The van der Waals surface area contributed by atoms with E-state index in [0.29, 0.717) is 0 Å². The fraction of sp³-hybridized carbons (Fsp3) is 0.250. The standard InChI is InChI=1S/C4H2Cl2O3/c5-3(6)2-1-8-4(7)9-2/h1,3H. The highest BCUT2D eigenvalue weighted by atomic mass is 35.5. The van der Waals surface area contributed by atoms with Gasteiger partial charge in [-0.2, -0.15) is 0 Å². The molecule has 5 heteroatoms. The summed E-state index contributed by atoms with van der Waals surface area (Å²) in [5.74, 6) is -0.667. The largest absolute Gasteiger partial charge is 0.518 e. The number of rotatable bonds is 1. The third-order valence-corrected chi connectivity index (χ3v) is 1.12. The molecule has 9 heavy (non-hydrogen) atoms. The van der Waals surface area contributed by atoms with E-state index in [1.165, 1.54) is 0 Å². The maximum atomic E-state index is 10.1. The topological polar surface area (TPSA) is 43.4 Å². The van der Waals surface area contributed by atoms with Crippen LogP contribution in [0.3, 0.4) is 0 Å². The molecule has 0 saturated heterocycles. The molecule has 0 aliphatic heterocycles. The summed E-state index contributed by atoms with van der Waals surface area (Å²) in [6, 6.07) is 0. The first-order chi connectivity index (χ1) is 4.20. The summed E-state index contributed by atoms with van der Waals surface area (Å²) in [5, 5.41) is 0. The second-order valence-corrected chi connectivity index (χ2v) is 2.39. The fourth-order valence-corrected chi connectivity index (χ4v) is 0.538. The lowest BCUT2D eigenvalue weighted by atomic mass is 10.6. The van der Waals surface area contributed by atoms with Crippen LogP contribution in [0.5, 0.6) is 0 Å². The molecule has 1 aromatic heterocycles. The summed E-state index contributed by atoms with van der Waals surface area (Å²) in [7, 11) is 0. The highest BCUT2D eigenvalue weighted by Gasteiger charge is 2.08. The van der Waals surface area contributed by atoms with E-state index < -0.39 is 10.7 Å². The van der Waals surface area contributed by atoms with E-state index in [1.54, 1.807) is 0 Å².